The zero-order valence-electron chi connectivity index (χ0n) is 17.7. The average molecular weight is 412 g/mol. The fraction of sp³-hybridized carbons (Fsp3) is 0.667. The molecule has 1 amide bonds. The fourth-order valence-electron chi connectivity index (χ4n) is 3.42. The van der Waals surface area contributed by atoms with E-state index >= 15 is 0 Å². The molecular weight excluding hydrogens is 378 g/mol. The molecule has 1 saturated heterocycles. The lowest BCUT2D eigenvalue weighted by molar-refractivity contribution is 0.0179. The third kappa shape index (κ3) is 7.00. The van der Waals surface area contributed by atoms with E-state index in [0.29, 0.717) is 28.7 Å². The van der Waals surface area contributed by atoms with Gasteiger partial charge in [0.2, 0.25) is 0 Å². The zero-order valence-corrected chi connectivity index (χ0v) is 18.5. The summed E-state index contributed by atoms with van der Waals surface area (Å²) in [5.74, 6) is 1.29. The minimum atomic E-state index is -3.20. The van der Waals surface area contributed by atoms with Crippen LogP contribution in [0, 0.1) is 12.8 Å². The predicted molar refractivity (Wildman–Crippen MR) is 110 cm³/mol. The van der Waals surface area contributed by atoms with Crippen LogP contribution in [0.3, 0.4) is 0 Å². The number of hydrogen-bond acceptors (Lipinski definition) is 5. The summed E-state index contributed by atoms with van der Waals surface area (Å²) >= 11 is 0. The first kappa shape index (κ1) is 22.5. The van der Waals surface area contributed by atoms with E-state index in [1.165, 1.54) is 6.26 Å². The molecule has 2 rings (SSSR count). The van der Waals surface area contributed by atoms with Gasteiger partial charge in [-0.05, 0) is 83.1 Å². The van der Waals surface area contributed by atoms with Gasteiger partial charge in [0, 0.05) is 19.3 Å². The minimum Gasteiger partial charge on any atom is -0.494 e. The van der Waals surface area contributed by atoms with Gasteiger partial charge in [0.25, 0.3) is 0 Å². The number of aryl methyl sites for hydroxylation is 1. The average Bonchev–Trinajstić information content (AvgIpc) is 2.56. The van der Waals surface area contributed by atoms with Gasteiger partial charge < -0.3 is 14.4 Å². The maximum atomic E-state index is 12.1. The second kappa shape index (κ2) is 9.16. The lowest BCUT2D eigenvalue weighted by atomic mass is 9.92. The summed E-state index contributed by atoms with van der Waals surface area (Å²) < 4.78 is 34.5. The molecule has 1 aromatic carbocycles. The number of ether oxygens (including phenoxy) is 2. The van der Waals surface area contributed by atoms with Crippen molar-refractivity contribution in [3.05, 3.63) is 23.8 Å². The van der Waals surface area contributed by atoms with Crippen molar-refractivity contribution in [1.29, 1.82) is 0 Å². The summed E-state index contributed by atoms with van der Waals surface area (Å²) in [6, 6.07) is 5.09. The summed E-state index contributed by atoms with van der Waals surface area (Å²) in [5.41, 5.74) is 0.248. The zero-order chi connectivity index (χ0) is 20.9. The molecule has 0 spiro atoms. The van der Waals surface area contributed by atoms with E-state index in [1.807, 2.05) is 20.8 Å². The molecule has 28 heavy (non-hydrogen) atoms. The first-order chi connectivity index (χ1) is 13.0. The van der Waals surface area contributed by atoms with E-state index in [2.05, 4.69) is 0 Å². The molecule has 1 fully saturated rings. The van der Waals surface area contributed by atoms with Crippen LogP contribution in [0.1, 0.15) is 52.0 Å². The van der Waals surface area contributed by atoms with E-state index in [1.54, 1.807) is 30.0 Å². The van der Waals surface area contributed by atoms with Gasteiger partial charge >= 0.3 is 6.09 Å². The van der Waals surface area contributed by atoms with Crippen molar-refractivity contribution in [1.82, 2.24) is 4.90 Å². The Morgan fingerprint density at radius 1 is 1.21 bits per heavy atom. The maximum Gasteiger partial charge on any atom is 0.410 e. The highest BCUT2D eigenvalue weighted by Crippen LogP contribution is 2.24. The molecule has 1 aliphatic rings. The summed E-state index contributed by atoms with van der Waals surface area (Å²) in [6.07, 6.45) is 4.96. The van der Waals surface area contributed by atoms with Gasteiger partial charge in [0.1, 0.15) is 11.4 Å². The molecule has 0 atom stereocenters. The van der Waals surface area contributed by atoms with E-state index in [0.717, 1.165) is 38.8 Å². The maximum absolute atomic E-state index is 12.1. The highest BCUT2D eigenvalue weighted by atomic mass is 32.2. The topological polar surface area (TPSA) is 72.9 Å². The van der Waals surface area contributed by atoms with Gasteiger partial charge in [-0.1, -0.05) is 0 Å². The number of piperidine rings is 1. The summed E-state index contributed by atoms with van der Waals surface area (Å²) in [5, 5.41) is 0. The van der Waals surface area contributed by atoms with Crippen LogP contribution in [0.2, 0.25) is 0 Å². The molecule has 1 heterocycles. The first-order valence-electron chi connectivity index (χ1n) is 9.87. The van der Waals surface area contributed by atoms with Crippen LogP contribution in [0.5, 0.6) is 5.75 Å². The molecule has 7 heteroatoms. The largest absolute Gasteiger partial charge is 0.494 e. The highest BCUT2D eigenvalue weighted by molar-refractivity contribution is 7.90. The Morgan fingerprint density at radius 3 is 2.39 bits per heavy atom. The Labute approximate surface area is 169 Å². The molecule has 0 radical (unpaired) electrons. The molecule has 0 saturated carbocycles. The Morgan fingerprint density at radius 2 is 1.86 bits per heavy atom. The minimum absolute atomic E-state index is 0.220. The van der Waals surface area contributed by atoms with Crippen molar-refractivity contribution in [3.8, 4) is 5.75 Å². The highest BCUT2D eigenvalue weighted by Gasteiger charge is 2.26. The Kier molecular flexibility index (Phi) is 7.37. The smallest absolute Gasteiger partial charge is 0.410 e. The molecule has 0 bridgehead atoms. The molecule has 0 aliphatic carbocycles. The van der Waals surface area contributed by atoms with Crippen molar-refractivity contribution in [3.63, 3.8) is 0 Å². The second-order valence-electron chi connectivity index (χ2n) is 8.60. The third-order valence-electron chi connectivity index (χ3n) is 4.84. The van der Waals surface area contributed by atoms with E-state index < -0.39 is 15.4 Å². The van der Waals surface area contributed by atoms with Gasteiger partial charge in [0.15, 0.2) is 9.84 Å². The van der Waals surface area contributed by atoms with Crippen molar-refractivity contribution >= 4 is 15.9 Å². The van der Waals surface area contributed by atoms with Crippen LogP contribution in [0.25, 0.3) is 0 Å². The van der Waals surface area contributed by atoms with Gasteiger partial charge in [-0.2, -0.15) is 0 Å². The number of amides is 1. The van der Waals surface area contributed by atoms with Gasteiger partial charge in [-0.3, -0.25) is 0 Å². The van der Waals surface area contributed by atoms with E-state index in [4.69, 9.17) is 9.47 Å². The summed E-state index contributed by atoms with van der Waals surface area (Å²) in [4.78, 5) is 14.2. The standard InChI is InChI=1S/C21H33NO5S/c1-16-15-18(8-9-19(16)28(5,24)25)26-14-6-7-17-10-12-22(13-11-17)20(23)27-21(2,3)4/h8-9,15,17H,6-7,10-14H2,1-5H3. The van der Waals surface area contributed by atoms with Crippen molar-refractivity contribution in [2.45, 2.75) is 63.9 Å². The van der Waals surface area contributed by atoms with Gasteiger partial charge in [-0.25, -0.2) is 13.2 Å². The number of rotatable bonds is 6. The van der Waals surface area contributed by atoms with Crippen molar-refractivity contribution < 1.29 is 22.7 Å². The van der Waals surface area contributed by atoms with Crippen LogP contribution in [0.15, 0.2) is 23.1 Å². The number of nitrogens with zero attached hydrogens (tertiary/aromatic N) is 1. The first-order valence-corrected chi connectivity index (χ1v) is 11.8. The molecular formula is C21H33NO5S. The molecule has 1 aliphatic heterocycles. The Hall–Kier alpha value is -1.76. The van der Waals surface area contributed by atoms with Crippen LogP contribution in [-0.4, -0.2) is 51.0 Å². The number of hydrogen-bond donors (Lipinski definition) is 0. The van der Waals surface area contributed by atoms with E-state index in [-0.39, 0.29) is 6.09 Å². The second-order valence-corrected chi connectivity index (χ2v) is 10.6. The molecule has 1 aromatic rings. The Balaban J connectivity index is 1.70. The summed E-state index contributed by atoms with van der Waals surface area (Å²) in [7, 11) is -3.20. The molecule has 6 nitrogen and oxygen atoms in total. The van der Waals surface area contributed by atoms with Gasteiger partial charge in [0.05, 0.1) is 11.5 Å². The monoisotopic (exact) mass is 411 g/mol. The number of sulfone groups is 1. The number of carbonyl (C=O) groups is 1. The third-order valence-corrected chi connectivity index (χ3v) is 6.09. The van der Waals surface area contributed by atoms with Crippen molar-refractivity contribution in [2.24, 2.45) is 5.92 Å². The molecule has 0 aromatic heterocycles. The van der Waals surface area contributed by atoms with Crippen LogP contribution >= 0.6 is 0 Å². The van der Waals surface area contributed by atoms with E-state index in [9.17, 15) is 13.2 Å². The van der Waals surface area contributed by atoms with Crippen LogP contribution in [0.4, 0.5) is 4.79 Å². The number of likely N-dealkylation sites (tertiary alicyclic amines) is 1. The SMILES string of the molecule is Cc1cc(OCCCC2CCN(C(=O)OC(C)(C)C)CC2)ccc1S(C)(=O)=O. The summed E-state index contributed by atoms with van der Waals surface area (Å²) in [6.45, 7) is 9.51. The molecule has 0 unspecified atom stereocenters. The van der Waals surface area contributed by atoms with Crippen LogP contribution in [-0.2, 0) is 14.6 Å². The fourth-order valence-corrected chi connectivity index (χ4v) is 4.38. The predicted octanol–water partition coefficient (Wildman–Crippen LogP) is 4.20. The quantitative estimate of drug-likeness (QED) is 0.656. The van der Waals surface area contributed by atoms with Crippen LogP contribution < -0.4 is 4.74 Å². The van der Waals surface area contributed by atoms with Gasteiger partial charge in [-0.15, -0.1) is 0 Å². The number of benzene rings is 1. The van der Waals surface area contributed by atoms with Crippen molar-refractivity contribution in [2.75, 3.05) is 26.0 Å². The lowest BCUT2D eigenvalue weighted by Crippen LogP contribution is -2.41. The molecule has 0 N–H and O–H groups in total. The normalized spacial score (nSPS) is 16.1. The molecule has 158 valence electrons. The number of carbonyl (C=O) groups excluding carboxylic acids is 1. The Bertz CT molecular complexity index is 774. The lowest BCUT2D eigenvalue weighted by Gasteiger charge is -2.33.